The Labute approximate surface area is 81.0 Å². The van der Waals surface area contributed by atoms with E-state index in [4.69, 9.17) is 16.7 Å². The average molecular weight is 208 g/mol. The lowest BCUT2D eigenvalue weighted by Crippen LogP contribution is -3.00. The number of carboxylic acids is 1. The standard InChI is InChI=1S/C7H6ClNO2.ClH/c8-6-2-1-3-9(4-6)5-7(10)11;/h1-4H,5H2;1H. The smallest absolute Gasteiger partial charge is 0.370 e. The summed E-state index contributed by atoms with van der Waals surface area (Å²) in [5, 5.41) is 8.93. The van der Waals surface area contributed by atoms with Crippen molar-refractivity contribution in [3.05, 3.63) is 29.5 Å². The number of aromatic nitrogens is 1. The van der Waals surface area contributed by atoms with Crippen molar-refractivity contribution < 1.29 is 26.9 Å². The Kier molecular flexibility index (Phi) is 4.62. The van der Waals surface area contributed by atoms with Crippen molar-refractivity contribution in [1.29, 1.82) is 0 Å². The molecule has 66 valence electrons. The molecule has 0 spiro atoms. The molecule has 0 radical (unpaired) electrons. The van der Waals surface area contributed by atoms with Crippen molar-refractivity contribution in [2.24, 2.45) is 0 Å². The number of carboxylic acid groups (broad SMARTS) is 1. The summed E-state index contributed by atoms with van der Waals surface area (Å²) in [7, 11) is 0. The third-order valence-electron chi connectivity index (χ3n) is 1.14. The van der Waals surface area contributed by atoms with Gasteiger partial charge in [0.05, 0.1) is 0 Å². The van der Waals surface area contributed by atoms with E-state index < -0.39 is 5.97 Å². The summed E-state index contributed by atoms with van der Waals surface area (Å²) in [5.41, 5.74) is 0. The first-order valence-electron chi connectivity index (χ1n) is 3.05. The number of pyridine rings is 1. The molecule has 0 fully saturated rings. The van der Waals surface area contributed by atoms with Gasteiger partial charge in [-0.1, -0.05) is 11.6 Å². The van der Waals surface area contributed by atoms with Gasteiger partial charge in [0.25, 0.3) is 0 Å². The van der Waals surface area contributed by atoms with Crippen LogP contribution in [0.2, 0.25) is 5.02 Å². The normalized spacial score (nSPS) is 8.75. The monoisotopic (exact) mass is 207 g/mol. The molecule has 0 saturated carbocycles. The number of hydrogen-bond acceptors (Lipinski definition) is 1. The van der Waals surface area contributed by atoms with Crippen LogP contribution in [0, 0.1) is 0 Å². The van der Waals surface area contributed by atoms with Crippen LogP contribution in [0.1, 0.15) is 0 Å². The van der Waals surface area contributed by atoms with Gasteiger partial charge < -0.3 is 17.5 Å². The SMILES string of the molecule is O=C(O)C[n+]1cccc(Cl)c1.[Cl-]. The molecule has 1 aromatic rings. The zero-order valence-electron chi connectivity index (χ0n) is 6.08. The van der Waals surface area contributed by atoms with Gasteiger partial charge in [-0.2, -0.15) is 4.57 Å². The number of nitrogens with zero attached hydrogens (tertiary/aromatic N) is 1. The van der Waals surface area contributed by atoms with Crippen LogP contribution in [-0.4, -0.2) is 11.1 Å². The van der Waals surface area contributed by atoms with E-state index in [1.807, 2.05) is 0 Å². The molecule has 3 nitrogen and oxygen atoms in total. The Morgan fingerprint density at radius 2 is 2.33 bits per heavy atom. The molecule has 0 aliphatic rings. The molecule has 0 amide bonds. The van der Waals surface area contributed by atoms with Crippen LogP contribution < -0.4 is 17.0 Å². The van der Waals surface area contributed by atoms with E-state index in [2.05, 4.69) is 0 Å². The highest BCUT2D eigenvalue weighted by molar-refractivity contribution is 6.30. The van der Waals surface area contributed by atoms with Crippen LogP contribution in [0.25, 0.3) is 0 Å². The summed E-state index contributed by atoms with van der Waals surface area (Å²) in [6.07, 6.45) is 3.22. The topological polar surface area (TPSA) is 41.2 Å². The number of aliphatic carboxylic acids is 1. The molecule has 1 aromatic heterocycles. The minimum absolute atomic E-state index is 0. The Bertz CT molecular complexity index is 278. The highest BCUT2D eigenvalue weighted by Gasteiger charge is 2.05. The van der Waals surface area contributed by atoms with E-state index in [-0.39, 0.29) is 19.0 Å². The fraction of sp³-hybridized carbons (Fsp3) is 0.143. The molecule has 1 N–H and O–H groups in total. The number of carbonyl (C=O) groups is 1. The van der Waals surface area contributed by atoms with Gasteiger partial charge in [0, 0.05) is 6.07 Å². The molecular weight excluding hydrogens is 201 g/mol. The van der Waals surface area contributed by atoms with Gasteiger partial charge in [-0.05, 0) is 6.07 Å². The second-order valence-corrected chi connectivity index (χ2v) is 2.52. The van der Waals surface area contributed by atoms with E-state index in [0.717, 1.165) is 0 Å². The van der Waals surface area contributed by atoms with Crippen LogP contribution in [0.5, 0.6) is 0 Å². The van der Waals surface area contributed by atoms with Crippen molar-refractivity contribution in [2.45, 2.75) is 6.54 Å². The lowest BCUT2D eigenvalue weighted by molar-refractivity contribution is -0.685. The van der Waals surface area contributed by atoms with E-state index in [0.29, 0.717) is 5.02 Å². The highest BCUT2D eigenvalue weighted by Crippen LogP contribution is 2.00. The van der Waals surface area contributed by atoms with Crippen molar-refractivity contribution in [2.75, 3.05) is 0 Å². The maximum Gasteiger partial charge on any atom is 0.370 e. The highest BCUT2D eigenvalue weighted by atomic mass is 35.5. The second-order valence-electron chi connectivity index (χ2n) is 2.09. The summed E-state index contributed by atoms with van der Waals surface area (Å²) in [4.78, 5) is 10.2. The molecule has 0 unspecified atom stereocenters. The molecule has 0 saturated heterocycles. The van der Waals surface area contributed by atoms with Gasteiger partial charge >= 0.3 is 5.97 Å². The largest absolute Gasteiger partial charge is 1.00 e. The second kappa shape index (κ2) is 4.95. The number of hydrogen-bond donors (Lipinski definition) is 1. The molecule has 0 aromatic carbocycles. The minimum Gasteiger partial charge on any atom is -1.00 e. The van der Waals surface area contributed by atoms with E-state index in [9.17, 15) is 4.79 Å². The molecule has 5 heteroatoms. The molecule has 0 atom stereocenters. The Morgan fingerprint density at radius 3 is 2.83 bits per heavy atom. The van der Waals surface area contributed by atoms with Crippen LogP contribution in [0.15, 0.2) is 24.5 Å². The third-order valence-corrected chi connectivity index (χ3v) is 1.36. The molecule has 0 aliphatic carbocycles. The quantitative estimate of drug-likeness (QED) is 0.556. The fourth-order valence-corrected chi connectivity index (χ4v) is 0.943. The van der Waals surface area contributed by atoms with Gasteiger partial charge in [0.2, 0.25) is 6.54 Å². The van der Waals surface area contributed by atoms with Gasteiger partial charge in [-0.15, -0.1) is 0 Å². The molecular formula is C7H7Cl2NO2. The van der Waals surface area contributed by atoms with Crippen molar-refractivity contribution in [3.8, 4) is 0 Å². The summed E-state index contributed by atoms with van der Waals surface area (Å²) in [6.45, 7) is -0.0550. The molecule has 1 heterocycles. The van der Waals surface area contributed by atoms with E-state index >= 15 is 0 Å². The van der Waals surface area contributed by atoms with Crippen LogP contribution in [-0.2, 0) is 11.3 Å². The summed E-state index contributed by atoms with van der Waals surface area (Å²) >= 11 is 5.61. The van der Waals surface area contributed by atoms with E-state index in [1.165, 1.54) is 4.57 Å². The van der Waals surface area contributed by atoms with Crippen molar-refractivity contribution in [3.63, 3.8) is 0 Å². The van der Waals surface area contributed by atoms with Crippen molar-refractivity contribution >= 4 is 17.6 Å². The Balaban J connectivity index is 0.00000121. The van der Waals surface area contributed by atoms with Gasteiger partial charge in [-0.25, -0.2) is 4.79 Å². The maximum absolute atomic E-state index is 10.2. The minimum atomic E-state index is -0.878. The first-order chi connectivity index (χ1) is 5.18. The molecule has 1 rings (SSSR count). The lowest BCUT2D eigenvalue weighted by atomic mass is 10.5. The average Bonchev–Trinajstić information content (AvgIpc) is 1.85. The lowest BCUT2D eigenvalue weighted by Gasteiger charge is -1.90. The first kappa shape index (κ1) is 11.2. The van der Waals surface area contributed by atoms with Gasteiger partial charge in [0.1, 0.15) is 5.02 Å². The number of rotatable bonds is 2. The summed E-state index contributed by atoms with van der Waals surface area (Å²) in [6, 6.07) is 3.39. The molecule has 0 aliphatic heterocycles. The Morgan fingerprint density at radius 1 is 1.67 bits per heavy atom. The fourth-order valence-electron chi connectivity index (χ4n) is 0.745. The molecule has 12 heavy (non-hydrogen) atoms. The summed E-state index contributed by atoms with van der Waals surface area (Å²) in [5.74, 6) is -0.878. The Hall–Kier alpha value is -0.800. The predicted molar refractivity (Wildman–Crippen MR) is 39.3 cm³/mol. The summed E-state index contributed by atoms with van der Waals surface area (Å²) < 4.78 is 1.50. The molecule has 0 bridgehead atoms. The predicted octanol–water partition coefficient (Wildman–Crippen LogP) is -2.28. The first-order valence-corrected chi connectivity index (χ1v) is 3.42. The van der Waals surface area contributed by atoms with E-state index in [1.54, 1.807) is 24.5 Å². The zero-order chi connectivity index (χ0) is 8.27. The van der Waals surface area contributed by atoms with Crippen molar-refractivity contribution in [1.82, 2.24) is 0 Å². The van der Waals surface area contributed by atoms with Crippen LogP contribution in [0.4, 0.5) is 0 Å². The van der Waals surface area contributed by atoms with Crippen LogP contribution >= 0.6 is 11.6 Å². The third kappa shape index (κ3) is 3.55. The maximum atomic E-state index is 10.2. The zero-order valence-corrected chi connectivity index (χ0v) is 7.59. The van der Waals surface area contributed by atoms with Gasteiger partial charge in [-0.3, -0.25) is 0 Å². The van der Waals surface area contributed by atoms with Crippen LogP contribution in [0.3, 0.4) is 0 Å². The number of halogens is 2. The van der Waals surface area contributed by atoms with Gasteiger partial charge in [0.15, 0.2) is 12.4 Å².